The van der Waals surface area contributed by atoms with Gasteiger partial charge in [-0.05, 0) is 70.2 Å². The summed E-state index contributed by atoms with van der Waals surface area (Å²) < 4.78 is 33.9. The highest BCUT2D eigenvalue weighted by molar-refractivity contribution is 7.90. The van der Waals surface area contributed by atoms with Gasteiger partial charge in [0.2, 0.25) is 0 Å². The van der Waals surface area contributed by atoms with Crippen molar-refractivity contribution in [2.45, 2.75) is 44.2 Å². The Morgan fingerprint density at radius 1 is 1.05 bits per heavy atom. The van der Waals surface area contributed by atoms with Crippen LogP contribution in [0.25, 0.3) is 10.9 Å². The number of aromatic nitrogens is 1. The third kappa shape index (κ3) is 7.78. The maximum Gasteiger partial charge on any atom is 0.407 e. The molecule has 0 fully saturated rings. The molecule has 39 heavy (non-hydrogen) atoms. The van der Waals surface area contributed by atoms with Gasteiger partial charge in [0.05, 0.1) is 14.9 Å². The molecule has 0 bridgehead atoms. The molecule has 0 spiro atoms. The van der Waals surface area contributed by atoms with Crippen molar-refractivity contribution in [1.29, 1.82) is 0 Å². The number of hydrogen-bond acceptors (Lipinski definition) is 6. The van der Waals surface area contributed by atoms with Gasteiger partial charge in [0.1, 0.15) is 11.3 Å². The van der Waals surface area contributed by atoms with Crippen LogP contribution in [-0.4, -0.2) is 49.2 Å². The number of sulfonamides is 1. The van der Waals surface area contributed by atoms with Crippen LogP contribution in [0.3, 0.4) is 0 Å². The first kappa shape index (κ1) is 30.1. The van der Waals surface area contributed by atoms with Gasteiger partial charge in [0.15, 0.2) is 0 Å². The molecule has 4 amide bonds. The number of benzene rings is 2. The SMILES string of the molecule is CC(CNC(=O)OC(C)(C)C)NC(=O)NS(=O)(=O)c1ccc(NC(=O)c2cc3c(Cl)c(Cl)ccc3n2C)cc1. The third-order valence-electron chi connectivity index (χ3n) is 5.32. The minimum absolute atomic E-state index is 0.0206. The zero-order valence-corrected chi connectivity index (χ0v) is 24.2. The molecule has 1 aromatic heterocycles. The standard InChI is InChI=1S/C25H29Cl2N5O6S/c1-14(13-28-24(35)38-25(2,3)4)29-23(34)31-39(36,37)16-8-6-15(7-9-16)30-22(33)20-12-17-19(32(20)5)11-10-18(26)21(17)27/h6-12,14H,13H2,1-5H3,(H,28,35)(H,30,33)(H2,29,31,34). The zero-order valence-electron chi connectivity index (χ0n) is 21.9. The second-order valence-corrected chi connectivity index (χ2v) is 12.2. The van der Waals surface area contributed by atoms with E-state index in [1.165, 1.54) is 24.3 Å². The minimum Gasteiger partial charge on any atom is -0.444 e. The fourth-order valence-electron chi connectivity index (χ4n) is 3.52. The number of nitrogens with one attached hydrogen (secondary N) is 4. The molecule has 1 heterocycles. The zero-order chi connectivity index (χ0) is 29.1. The molecule has 11 nitrogen and oxygen atoms in total. The van der Waals surface area contributed by atoms with Crippen molar-refractivity contribution in [3.8, 4) is 0 Å². The van der Waals surface area contributed by atoms with E-state index in [0.717, 1.165) is 5.52 Å². The smallest absolute Gasteiger partial charge is 0.407 e. The van der Waals surface area contributed by atoms with Crippen LogP contribution < -0.4 is 20.7 Å². The molecule has 2 aromatic carbocycles. The Morgan fingerprint density at radius 3 is 2.31 bits per heavy atom. The average Bonchev–Trinajstić information content (AvgIpc) is 3.16. The first-order valence-electron chi connectivity index (χ1n) is 11.7. The summed E-state index contributed by atoms with van der Waals surface area (Å²) in [6.07, 6.45) is -0.662. The molecule has 1 atom stereocenters. The number of ether oxygens (including phenoxy) is 1. The van der Waals surface area contributed by atoms with Crippen LogP contribution in [0.5, 0.6) is 0 Å². The van der Waals surface area contributed by atoms with Gasteiger partial charge in [-0.3, -0.25) is 4.79 Å². The molecule has 1 unspecified atom stereocenters. The topological polar surface area (TPSA) is 148 Å². The Morgan fingerprint density at radius 2 is 1.69 bits per heavy atom. The fraction of sp³-hybridized carbons (Fsp3) is 0.320. The number of amides is 4. The molecule has 0 aliphatic heterocycles. The quantitative estimate of drug-likeness (QED) is 0.312. The summed E-state index contributed by atoms with van der Waals surface area (Å²) in [6, 6.07) is 8.72. The molecular formula is C25H29Cl2N5O6S. The lowest BCUT2D eigenvalue weighted by atomic mass is 10.2. The van der Waals surface area contributed by atoms with Gasteiger partial charge in [-0.15, -0.1) is 0 Å². The summed E-state index contributed by atoms with van der Waals surface area (Å²) in [5.41, 5.74) is 0.693. The Labute approximate surface area is 236 Å². The van der Waals surface area contributed by atoms with Crippen molar-refractivity contribution < 1.29 is 27.5 Å². The summed E-state index contributed by atoms with van der Waals surface area (Å²) in [5.74, 6) is -0.442. The summed E-state index contributed by atoms with van der Waals surface area (Å²) in [4.78, 5) is 36.6. The normalized spacial score (nSPS) is 12.5. The van der Waals surface area contributed by atoms with Crippen molar-refractivity contribution in [2.24, 2.45) is 7.05 Å². The van der Waals surface area contributed by atoms with Crippen LogP contribution in [-0.2, 0) is 21.8 Å². The van der Waals surface area contributed by atoms with Crippen LogP contribution >= 0.6 is 23.2 Å². The number of aryl methyl sites for hydroxylation is 1. The lowest BCUT2D eigenvalue weighted by molar-refractivity contribution is 0.0523. The third-order valence-corrected chi connectivity index (χ3v) is 7.49. The van der Waals surface area contributed by atoms with Crippen LogP contribution in [0.2, 0.25) is 10.0 Å². The molecule has 0 aliphatic rings. The summed E-state index contributed by atoms with van der Waals surface area (Å²) in [5, 5.41) is 8.94. The minimum atomic E-state index is -4.21. The highest BCUT2D eigenvalue weighted by atomic mass is 35.5. The predicted molar refractivity (Wildman–Crippen MR) is 150 cm³/mol. The van der Waals surface area contributed by atoms with E-state index < -0.39 is 39.7 Å². The number of fused-ring (bicyclic) bond motifs is 1. The van der Waals surface area contributed by atoms with E-state index >= 15 is 0 Å². The van der Waals surface area contributed by atoms with E-state index in [9.17, 15) is 22.8 Å². The molecule has 0 saturated heterocycles. The van der Waals surface area contributed by atoms with Crippen molar-refractivity contribution >= 4 is 67.8 Å². The van der Waals surface area contributed by atoms with E-state index in [1.54, 1.807) is 57.5 Å². The molecule has 3 aromatic rings. The number of anilines is 1. The number of rotatable bonds is 7. The van der Waals surface area contributed by atoms with Gasteiger partial charge in [0.25, 0.3) is 15.9 Å². The van der Waals surface area contributed by atoms with Crippen LogP contribution in [0, 0.1) is 0 Å². The molecule has 0 saturated carbocycles. The molecule has 14 heteroatoms. The monoisotopic (exact) mass is 597 g/mol. The van der Waals surface area contributed by atoms with E-state index in [0.29, 0.717) is 26.8 Å². The van der Waals surface area contributed by atoms with Gasteiger partial charge in [0, 0.05) is 36.2 Å². The van der Waals surface area contributed by atoms with Crippen molar-refractivity contribution in [1.82, 2.24) is 19.9 Å². The summed E-state index contributed by atoms with van der Waals surface area (Å²) in [6.45, 7) is 6.74. The molecule has 0 aliphatic carbocycles. The van der Waals surface area contributed by atoms with Gasteiger partial charge >= 0.3 is 12.1 Å². The number of carbonyl (C=O) groups is 3. The largest absolute Gasteiger partial charge is 0.444 e. The van der Waals surface area contributed by atoms with Crippen molar-refractivity contribution in [3.05, 3.63) is 58.2 Å². The maximum absolute atomic E-state index is 12.9. The molecule has 4 N–H and O–H groups in total. The summed E-state index contributed by atoms with van der Waals surface area (Å²) >= 11 is 12.3. The number of urea groups is 1. The van der Waals surface area contributed by atoms with E-state index in [-0.39, 0.29) is 11.4 Å². The number of alkyl carbamates (subject to hydrolysis) is 1. The average molecular weight is 599 g/mol. The Balaban J connectivity index is 1.59. The lowest BCUT2D eigenvalue weighted by Crippen LogP contribution is -2.48. The Kier molecular flexibility index (Phi) is 9.04. The molecule has 0 radical (unpaired) electrons. The molecular weight excluding hydrogens is 569 g/mol. The van der Waals surface area contributed by atoms with Gasteiger partial charge in [-0.2, -0.15) is 0 Å². The Bertz CT molecular complexity index is 1510. The predicted octanol–water partition coefficient (Wildman–Crippen LogP) is 4.64. The second kappa shape index (κ2) is 11.7. The number of halogens is 2. The van der Waals surface area contributed by atoms with Gasteiger partial charge < -0.3 is 25.3 Å². The Hall–Kier alpha value is -3.48. The van der Waals surface area contributed by atoms with Crippen molar-refractivity contribution in [2.75, 3.05) is 11.9 Å². The lowest BCUT2D eigenvalue weighted by Gasteiger charge is -2.21. The van der Waals surface area contributed by atoms with E-state index in [1.807, 2.05) is 4.72 Å². The van der Waals surface area contributed by atoms with Gasteiger partial charge in [-0.25, -0.2) is 22.7 Å². The number of hydrogen-bond donors (Lipinski definition) is 4. The highest BCUT2D eigenvalue weighted by Gasteiger charge is 2.21. The molecule has 210 valence electrons. The van der Waals surface area contributed by atoms with Crippen LogP contribution in [0.4, 0.5) is 15.3 Å². The van der Waals surface area contributed by atoms with Gasteiger partial charge in [-0.1, -0.05) is 23.2 Å². The second-order valence-electron chi connectivity index (χ2n) is 9.72. The van der Waals surface area contributed by atoms with E-state index in [2.05, 4.69) is 16.0 Å². The number of nitrogens with zero attached hydrogens (tertiary/aromatic N) is 1. The van der Waals surface area contributed by atoms with Crippen molar-refractivity contribution in [3.63, 3.8) is 0 Å². The first-order valence-corrected chi connectivity index (χ1v) is 14.0. The number of carbonyl (C=O) groups excluding carboxylic acids is 3. The summed E-state index contributed by atoms with van der Waals surface area (Å²) in [7, 11) is -2.50. The van der Waals surface area contributed by atoms with Crippen LogP contribution in [0.15, 0.2) is 47.4 Å². The van der Waals surface area contributed by atoms with Crippen LogP contribution in [0.1, 0.15) is 38.2 Å². The first-order chi connectivity index (χ1) is 18.1. The fourth-order valence-corrected chi connectivity index (χ4v) is 4.81. The van der Waals surface area contributed by atoms with E-state index in [4.69, 9.17) is 27.9 Å². The maximum atomic E-state index is 12.9. The highest BCUT2D eigenvalue weighted by Crippen LogP contribution is 2.32. The molecule has 3 rings (SSSR count).